The predicted molar refractivity (Wildman–Crippen MR) is 101 cm³/mol. The Morgan fingerprint density at radius 2 is 1.85 bits per heavy atom. The molecule has 0 unspecified atom stereocenters. The molecule has 0 fully saturated rings. The smallest absolute Gasteiger partial charge is 0.310 e. The molecular weight excluding hydrogens is 395 g/mol. The Balaban J connectivity index is 1.84. The summed E-state index contributed by atoms with van der Waals surface area (Å²) in [4.78, 5) is 28.5. The highest BCUT2D eigenvalue weighted by Crippen LogP contribution is 2.29. The van der Waals surface area contributed by atoms with Crippen LogP contribution in [-0.4, -0.2) is 15.6 Å². The first-order valence-corrected chi connectivity index (χ1v) is 9.12. The number of nitrogens with zero attached hydrogens (tertiary/aromatic N) is 2. The summed E-state index contributed by atoms with van der Waals surface area (Å²) in [6.07, 6.45) is 0. The molecule has 3 aromatic rings. The molecule has 2 heterocycles. The third-order valence-electron chi connectivity index (χ3n) is 4.03. The van der Waals surface area contributed by atoms with Crippen LogP contribution in [0.2, 0.25) is 10.0 Å². The minimum atomic E-state index is -0.468. The average molecular weight is 405 g/mol. The van der Waals surface area contributed by atoms with Crippen molar-refractivity contribution in [1.82, 2.24) is 4.57 Å². The lowest BCUT2D eigenvalue weighted by molar-refractivity contribution is -0.112. The van der Waals surface area contributed by atoms with E-state index in [0.717, 1.165) is 11.3 Å². The summed E-state index contributed by atoms with van der Waals surface area (Å²) >= 11 is 12.7. The van der Waals surface area contributed by atoms with E-state index in [1.807, 2.05) is 0 Å². The maximum Gasteiger partial charge on any atom is 0.310 e. The number of rotatable bonds is 3. The van der Waals surface area contributed by atoms with Crippen LogP contribution in [0.3, 0.4) is 0 Å². The summed E-state index contributed by atoms with van der Waals surface area (Å²) in [7, 11) is 0. The Morgan fingerprint density at radius 1 is 1.08 bits per heavy atom. The highest BCUT2D eigenvalue weighted by Gasteiger charge is 2.26. The topological polar surface area (TPSA) is 71.7 Å². The maximum absolute atomic E-state index is 12.4. The summed E-state index contributed by atoms with van der Waals surface area (Å²) in [5.74, 6) is -0.731. The Hall–Kier alpha value is -2.41. The highest BCUT2D eigenvalue weighted by molar-refractivity contribution is 7.11. The van der Waals surface area contributed by atoms with Crippen LogP contribution >= 0.6 is 34.5 Å². The summed E-state index contributed by atoms with van der Waals surface area (Å²) < 4.78 is 1.20. The third kappa shape index (κ3) is 2.76. The lowest BCUT2D eigenvalue weighted by atomic mass is 10.1. The summed E-state index contributed by atoms with van der Waals surface area (Å²) in [6, 6.07) is 12.0. The van der Waals surface area contributed by atoms with Crippen molar-refractivity contribution >= 4 is 46.0 Å². The predicted octanol–water partition coefficient (Wildman–Crippen LogP) is 2.33. The standard InChI is InChI=1S/C18H10Cl2N2O3S/c19-11-6-5-9(7-12(11)20)8-22-17(24)15(26-18(22)25)14-10-3-1-2-4-13(10)21-16(14)23/h1-7,24H,8H2. The number of fused-ring (bicyclic) bond motifs is 1. The van der Waals surface area contributed by atoms with Gasteiger partial charge in [-0.15, -0.1) is 0 Å². The van der Waals surface area contributed by atoms with Crippen LogP contribution in [0, 0.1) is 0 Å². The minimum absolute atomic E-state index is 0.109. The van der Waals surface area contributed by atoms with Crippen molar-refractivity contribution in [2.45, 2.75) is 6.54 Å². The summed E-state index contributed by atoms with van der Waals surface area (Å²) in [6.45, 7) is 0.109. The second kappa shape index (κ2) is 6.39. The first-order valence-electron chi connectivity index (χ1n) is 7.55. The number of thiazole rings is 1. The van der Waals surface area contributed by atoms with Crippen molar-refractivity contribution in [2.75, 3.05) is 0 Å². The Morgan fingerprint density at radius 3 is 2.62 bits per heavy atom. The normalized spacial score (nSPS) is 13.0. The number of para-hydroxylation sites is 1. The lowest BCUT2D eigenvalue weighted by Gasteiger charge is -2.06. The number of carbonyl (C=O) groups excluding carboxylic acids is 1. The third-order valence-corrected chi connectivity index (χ3v) is 5.75. The van der Waals surface area contributed by atoms with Gasteiger partial charge in [0.25, 0.3) is 5.91 Å². The number of halogens is 2. The van der Waals surface area contributed by atoms with Crippen molar-refractivity contribution in [3.05, 3.63) is 83.2 Å². The van der Waals surface area contributed by atoms with Gasteiger partial charge in [-0.1, -0.05) is 58.8 Å². The number of hydrogen-bond donors (Lipinski definition) is 1. The van der Waals surface area contributed by atoms with E-state index in [2.05, 4.69) is 4.99 Å². The number of hydrogen-bond acceptors (Lipinski definition) is 4. The van der Waals surface area contributed by atoms with Gasteiger partial charge in [-0.25, -0.2) is 4.99 Å². The van der Waals surface area contributed by atoms with Crippen LogP contribution in [0.1, 0.15) is 10.4 Å². The van der Waals surface area contributed by atoms with Gasteiger partial charge in [0.15, 0.2) is 0 Å². The number of aromatic nitrogens is 1. The van der Waals surface area contributed by atoms with Gasteiger partial charge in [-0.2, -0.15) is 0 Å². The monoisotopic (exact) mass is 404 g/mol. The Kier molecular flexibility index (Phi) is 4.19. The molecule has 0 atom stereocenters. The van der Waals surface area contributed by atoms with Gasteiger partial charge < -0.3 is 5.11 Å². The SMILES string of the molecule is O=C1N=c2ccccc2=C1c1sc(=O)n(Cc2ccc(Cl)c(Cl)c2)c1O. The molecule has 4 rings (SSSR count). The largest absolute Gasteiger partial charge is 0.493 e. The van der Waals surface area contributed by atoms with E-state index in [-0.39, 0.29) is 27.7 Å². The molecule has 5 nitrogen and oxygen atoms in total. The quantitative estimate of drug-likeness (QED) is 0.727. The van der Waals surface area contributed by atoms with Gasteiger partial charge in [0.1, 0.15) is 4.88 Å². The van der Waals surface area contributed by atoms with E-state index in [1.54, 1.807) is 42.5 Å². The van der Waals surface area contributed by atoms with Crippen LogP contribution in [0.15, 0.2) is 52.3 Å². The zero-order valence-corrected chi connectivity index (χ0v) is 15.4. The van der Waals surface area contributed by atoms with Crippen molar-refractivity contribution in [1.29, 1.82) is 0 Å². The van der Waals surface area contributed by atoms with Crippen molar-refractivity contribution in [3.63, 3.8) is 0 Å². The highest BCUT2D eigenvalue weighted by atomic mass is 35.5. The Labute approximate surface area is 161 Å². The molecule has 8 heteroatoms. The molecule has 1 N–H and O–H groups in total. The molecule has 130 valence electrons. The molecule has 0 saturated carbocycles. The van der Waals surface area contributed by atoms with E-state index >= 15 is 0 Å². The molecule has 1 amide bonds. The van der Waals surface area contributed by atoms with Crippen LogP contribution in [0.4, 0.5) is 0 Å². The first kappa shape index (κ1) is 17.0. The van der Waals surface area contributed by atoms with Crippen LogP contribution in [0.5, 0.6) is 5.88 Å². The molecule has 0 bridgehead atoms. The van der Waals surface area contributed by atoms with Gasteiger partial charge >= 0.3 is 4.87 Å². The van der Waals surface area contributed by atoms with E-state index in [9.17, 15) is 14.7 Å². The molecule has 0 aliphatic carbocycles. The molecule has 1 aliphatic rings. The summed E-state index contributed by atoms with van der Waals surface area (Å²) in [5.41, 5.74) is 0.946. The lowest BCUT2D eigenvalue weighted by Crippen LogP contribution is -2.22. The number of aromatic hydroxyl groups is 1. The Bertz CT molecular complexity index is 1240. The van der Waals surface area contributed by atoms with E-state index < -0.39 is 5.91 Å². The number of benzene rings is 2. The fourth-order valence-electron chi connectivity index (χ4n) is 2.80. The molecule has 1 aromatic heterocycles. The molecule has 0 radical (unpaired) electrons. The maximum atomic E-state index is 12.4. The zero-order valence-electron chi connectivity index (χ0n) is 13.1. The molecule has 2 aromatic carbocycles. The van der Waals surface area contributed by atoms with Crippen LogP contribution in [0.25, 0.3) is 5.57 Å². The molecule has 0 spiro atoms. The van der Waals surface area contributed by atoms with E-state index in [1.165, 1.54) is 4.57 Å². The van der Waals surface area contributed by atoms with E-state index in [4.69, 9.17) is 23.2 Å². The average Bonchev–Trinajstić information content (AvgIpc) is 3.08. The van der Waals surface area contributed by atoms with Crippen LogP contribution in [-0.2, 0) is 11.3 Å². The second-order valence-corrected chi connectivity index (χ2v) is 7.44. The minimum Gasteiger partial charge on any atom is -0.493 e. The van der Waals surface area contributed by atoms with Gasteiger partial charge in [0.2, 0.25) is 5.88 Å². The fraction of sp³-hybridized carbons (Fsp3) is 0.0556. The van der Waals surface area contributed by atoms with Gasteiger partial charge in [0.05, 0.1) is 27.5 Å². The molecule has 1 aliphatic heterocycles. The van der Waals surface area contributed by atoms with Gasteiger partial charge in [-0.3, -0.25) is 14.2 Å². The van der Waals surface area contributed by atoms with Crippen LogP contribution < -0.4 is 15.4 Å². The van der Waals surface area contributed by atoms with Crippen molar-refractivity contribution in [2.24, 2.45) is 4.99 Å². The van der Waals surface area contributed by atoms with E-state index in [0.29, 0.717) is 26.2 Å². The van der Waals surface area contributed by atoms with Crippen molar-refractivity contribution < 1.29 is 9.90 Å². The molecule has 26 heavy (non-hydrogen) atoms. The second-order valence-electron chi connectivity index (χ2n) is 5.66. The molecule has 0 saturated heterocycles. The number of amides is 1. The van der Waals surface area contributed by atoms with Gasteiger partial charge in [-0.05, 0) is 23.8 Å². The summed E-state index contributed by atoms with van der Waals surface area (Å²) in [5, 5.41) is 12.5. The first-order chi connectivity index (χ1) is 12.5. The zero-order chi connectivity index (χ0) is 18.4. The number of carbonyl (C=O) groups is 1. The van der Waals surface area contributed by atoms with Gasteiger partial charge in [0, 0.05) is 5.22 Å². The van der Waals surface area contributed by atoms with Crippen molar-refractivity contribution in [3.8, 4) is 5.88 Å². The molecular formula is C18H10Cl2N2O3S. The fourth-order valence-corrected chi connectivity index (χ4v) is 4.06.